The van der Waals surface area contributed by atoms with Crippen molar-refractivity contribution in [2.24, 2.45) is 7.05 Å². The van der Waals surface area contributed by atoms with E-state index in [4.69, 9.17) is 0 Å². The molecule has 20 heavy (non-hydrogen) atoms. The predicted molar refractivity (Wildman–Crippen MR) is 75.0 cm³/mol. The zero-order valence-electron chi connectivity index (χ0n) is 11.5. The lowest BCUT2D eigenvalue weighted by Gasteiger charge is -2.26. The van der Waals surface area contributed by atoms with Crippen LogP contribution in [-0.4, -0.2) is 15.8 Å². The van der Waals surface area contributed by atoms with Crippen molar-refractivity contribution in [3.63, 3.8) is 0 Å². The number of fused-ring (bicyclic) bond motifs is 1. The first-order chi connectivity index (χ1) is 9.54. The largest absolute Gasteiger partial charge is 0.382 e. The number of alkyl halides is 2. The van der Waals surface area contributed by atoms with Crippen LogP contribution in [0.25, 0.3) is 11.1 Å². The molecular weight excluding hydrogens is 260 g/mol. The zero-order chi connectivity index (χ0) is 14.3. The SMILES string of the molecule is CC1CCc2cc(-c3cnn(C)c3)c(C(F)F)cc2N1. The summed E-state index contributed by atoms with van der Waals surface area (Å²) in [6, 6.07) is 3.81. The van der Waals surface area contributed by atoms with Crippen molar-refractivity contribution in [2.45, 2.75) is 32.2 Å². The Morgan fingerprint density at radius 1 is 1.40 bits per heavy atom. The van der Waals surface area contributed by atoms with Gasteiger partial charge in [0.15, 0.2) is 0 Å². The van der Waals surface area contributed by atoms with Gasteiger partial charge in [0.25, 0.3) is 6.43 Å². The molecule has 0 amide bonds. The van der Waals surface area contributed by atoms with Gasteiger partial charge in [0.1, 0.15) is 0 Å². The first-order valence-electron chi connectivity index (χ1n) is 6.75. The highest BCUT2D eigenvalue weighted by Crippen LogP contribution is 2.37. The quantitative estimate of drug-likeness (QED) is 0.905. The molecule has 3 nitrogen and oxygen atoms in total. The summed E-state index contributed by atoms with van der Waals surface area (Å²) in [6.07, 6.45) is 2.85. The van der Waals surface area contributed by atoms with Gasteiger partial charge in [0.2, 0.25) is 0 Å². The number of aromatic nitrogens is 2. The topological polar surface area (TPSA) is 29.9 Å². The highest BCUT2D eigenvalue weighted by molar-refractivity contribution is 5.72. The fraction of sp³-hybridized carbons (Fsp3) is 0.400. The number of hydrogen-bond donors (Lipinski definition) is 1. The van der Waals surface area contributed by atoms with Crippen molar-refractivity contribution in [2.75, 3.05) is 5.32 Å². The summed E-state index contributed by atoms with van der Waals surface area (Å²) in [4.78, 5) is 0. The second-order valence-corrected chi connectivity index (χ2v) is 5.38. The molecule has 0 spiro atoms. The van der Waals surface area contributed by atoms with Gasteiger partial charge in [-0.25, -0.2) is 8.78 Å². The van der Waals surface area contributed by atoms with Crippen molar-refractivity contribution < 1.29 is 8.78 Å². The maximum atomic E-state index is 13.3. The summed E-state index contributed by atoms with van der Waals surface area (Å²) in [6.45, 7) is 2.07. The van der Waals surface area contributed by atoms with Crippen LogP contribution in [0, 0.1) is 0 Å². The van der Waals surface area contributed by atoms with Crippen LogP contribution in [0.15, 0.2) is 24.5 Å². The first kappa shape index (κ1) is 13.1. The Labute approximate surface area is 116 Å². The van der Waals surface area contributed by atoms with Gasteiger partial charge in [0, 0.05) is 36.1 Å². The Morgan fingerprint density at radius 2 is 2.20 bits per heavy atom. The molecule has 1 aliphatic rings. The lowest BCUT2D eigenvalue weighted by Crippen LogP contribution is -2.22. The molecule has 106 valence electrons. The molecule has 1 atom stereocenters. The molecule has 0 saturated carbocycles. The highest BCUT2D eigenvalue weighted by atomic mass is 19.3. The summed E-state index contributed by atoms with van der Waals surface area (Å²) < 4.78 is 28.3. The Bertz CT molecular complexity index is 634. The number of rotatable bonds is 2. The molecule has 0 fully saturated rings. The summed E-state index contributed by atoms with van der Waals surface area (Å²) >= 11 is 0. The van der Waals surface area contributed by atoms with Gasteiger partial charge in [0.05, 0.1) is 6.20 Å². The van der Waals surface area contributed by atoms with E-state index in [2.05, 4.69) is 17.3 Å². The number of aryl methyl sites for hydroxylation is 2. The van der Waals surface area contributed by atoms with Crippen LogP contribution in [0.3, 0.4) is 0 Å². The molecule has 1 N–H and O–H groups in total. The number of benzene rings is 1. The standard InChI is InChI=1S/C15H17F2N3/c1-9-3-4-10-5-12(11-7-18-20(2)8-11)13(15(16)17)6-14(10)19-9/h5-9,15,19H,3-4H2,1-2H3. The van der Waals surface area contributed by atoms with E-state index in [0.717, 1.165) is 29.7 Å². The summed E-state index contributed by atoms with van der Waals surface area (Å²) in [7, 11) is 1.78. The normalized spacial score (nSPS) is 17.9. The van der Waals surface area contributed by atoms with Gasteiger partial charge in [-0.3, -0.25) is 4.68 Å². The number of nitrogens with one attached hydrogen (secondary N) is 1. The maximum absolute atomic E-state index is 13.3. The Morgan fingerprint density at radius 3 is 2.85 bits per heavy atom. The lowest BCUT2D eigenvalue weighted by molar-refractivity contribution is 0.152. The van der Waals surface area contributed by atoms with Gasteiger partial charge in [-0.15, -0.1) is 0 Å². The molecule has 3 rings (SSSR count). The Hall–Kier alpha value is -1.91. The van der Waals surface area contributed by atoms with Crippen molar-refractivity contribution >= 4 is 5.69 Å². The number of halogens is 2. The van der Waals surface area contributed by atoms with Crippen LogP contribution >= 0.6 is 0 Å². The molecule has 0 aliphatic carbocycles. The second-order valence-electron chi connectivity index (χ2n) is 5.38. The van der Waals surface area contributed by atoms with Crippen LogP contribution in [0.5, 0.6) is 0 Å². The van der Waals surface area contributed by atoms with E-state index in [1.165, 1.54) is 0 Å². The first-order valence-corrected chi connectivity index (χ1v) is 6.75. The second kappa shape index (κ2) is 4.89. The Balaban J connectivity index is 2.13. The zero-order valence-corrected chi connectivity index (χ0v) is 11.5. The van der Waals surface area contributed by atoms with Crippen molar-refractivity contribution in [1.29, 1.82) is 0 Å². The summed E-state index contributed by atoms with van der Waals surface area (Å²) in [5.74, 6) is 0. The monoisotopic (exact) mass is 277 g/mol. The van der Waals surface area contributed by atoms with Crippen LogP contribution < -0.4 is 5.32 Å². The molecule has 0 bridgehead atoms. The molecule has 1 aromatic heterocycles. The van der Waals surface area contributed by atoms with Gasteiger partial charge >= 0.3 is 0 Å². The molecule has 5 heteroatoms. The van der Waals surface area contributed by atoms with Crippen molar-refractivity contribution in [3.8, 4) is 11.1 Å². The predicted octanol–water partition coefficient (Wildman–Crippen LogP) is 3.77. The summed E-state index contributed by atoms with van der Waals surface area (Å²) in [5, 5.41) is 7.36. The highest BCUT2D eigenvalue weighted by Gasteiger charge is 2.21. The fourth-order valence-electron chi connectivity index (χ4n) is 2.70. The van der Waals surface area contributed by atoms with E-state index in [1.807, 2.05) is 6.07 Å². The van der Waals surface area contributed by atoms with Crippen LogP contribution in [0.1, 0.15) is 30.9 Å². The third kappa shape index (κ3) is 2.28. The third-order valence-corrected chi connectivity index (χ3v) is 3.77. The average molecular weight is 277 g/mol. The van der Waals surface area contributed by atoms with E-state index in [9.17, 15) is 8.78 Å². The number of nitrogens with zero attached hydrogens (tertiary/aromatic N) is 2. The van der Waals surface area contributed by atoms with Gasteiger partial charge in [-0.1, -0.05) is 0 Å². The van der Waals surface area contributed by atoms with E-state index in [-0.39, 0.29) is 5.56 Å². The lowest BCUT2D eigenvalue weighted by atomic mass is 9.92. The molecule has 1 aliphatic heterocycles. The minimum absolute atomic E-state index is 0.0679. The minimum Gasteiger partial charge on any atom is -0.382 e. The van der Waals surface area contributed by atoms with Crippen molar-refractivity contribution in [1.82, 2.24) is 9.78 Å². The molecule has 2 heterocycles. The van der Waals surface area contributed by atoms with Gasteiger partial charge in [-0.05, 0) is 43.0 Å². The fourth-order valence-corrected chi connectivity index (χ4v) is 2.70. The van der Waals surface area contributed by atoms with Crippen molar-refractivity contribution in [3.05, 3.63) is 35.7 Å². The smallest absolute Gasteiger partial charge is 0.264 e. The summed E-state index contributed by atoms with van der Waals surface area (Å²) in [5.41, 5.74) is 3.34. The van der Waals surface area contributed by atoms with Crippen LogP contribution in [-0.2, 0) is 13.5 Å². The number of hydrogen-bond acceptors (Lipinski definition) is 2. The van der Waals surface area contributed by atoms with Gasteiger partial charge < -0.3 is 5.32 Å². The van der Waals surface area contributed by atoms with Crippen LogP contribution in [0.2, 0.25) is 0 Å². The molecule has 0 saturated heterocycles. The van der Waals surface area contributed by atoms with E-state index in [1.54, 1.807) is 30.2 Å². The maximum Gasteiger partial charge on any atom is 0.264 e. The molecule has 0 radical (unpaired) electrons. The molecular formula is C15H17F2N3. The molecule has 1 unspecified atom stereocenters. The van der Waals surface area contributed by atoms with E-state index < -0.39 is 6.43 Å². The van der Waals surface area contributed by atoms with Gasteiger partial charge in [-0.2, -0.15) is 5.10 Å². The van der Waals surface area contributed by atoms with E-state index in [0.29, 0.717) is 11.6 Å². The van der Waals surface area contributed by atoms with E-state index >= 15 is 0 Å². The number of anilines is 1. The molecule has 1 aromatic carbocycles. The third-order valence-electron chi connectivity index (χ3n) is 3.77. The van der Waals surface area contributed by atoms with Crippen LogP contribution in [0.4, 0.5) is 14.5 Å². The minimum atomic E-state index is -2.49. The Kier molecular flexibility index (Phi) is 3.20. The average Bonchev–Trinajstić information content (AvgIpc) is 2.83. The molecule has 2 aromatic rings.